The van der Waals surface area contributed by atoms with Gasteiger partial charge in [-0.1, -0.05) is 24.5 Å². The lowest BCUT2D eigenvalue weighted by atomic mass is 10.9. The van der Waals surface area contributed by atoms with E-state index >= 15 is 0 Å². The van der Waals surface area contributed by atoms with Crippen molar-refractivity contribution in [1.82, 2.24) is 0 Å². The highest BCUT2D eigenvalue weighted by Gasteiger charge is 2.27. The van der Waals surface area contributed by atoms with Crippen LogP contribution < -0.4 is 0 Å². The third-order valence-corrected chi connectivity index (χ3v) is 8.15. The maximum atomic E-state index is 6.28. The first-order valence-corrected chi connectivity index (χ1v) is 11.6. The molecule has 0 saturated carbocycles. The zero-order valence-electron chi connectivity index (χ0n) is 7.74. The molecule has 0 atom stereocenters. The molecule has 0 spiro atoms. The smallest absolute Gasteiger partial charge is 0.168 e. The van der Waals surface area contributed by atoms with Crippen LogP contribution in [0.5, 0.6) is 0 Å². The zero-order chi connectivity index (χ0) is 9.83. The Morgan fingerprint density at radius 1 is 1.08 bits per heavy atom. The normalized spacial score (nSPS) is 12.7. The van der Waals surface area contributed by atoms with Crippen molar-refractivity contribution in [3.05, 3.63) is 24.6 Å². The molecular weight excluding hydrogens is 223 g/mol. The highest BCUT2D eigenvalue weighted by atomic mass is 35.6. The molecule has 0 aliphatic rings. The second-order valence-corrected chi connectivity index (χ2v) is 15.8. The molecule has 0 bridgehead atoms. The third-order valence-electron chi connectivity index (χ3n) is 1.78. The Bertz CT molecular complexity index is 164. The summed E-state index contributed by atoms with van der Waals surface area (Å²) >= 11 is 12.5. The van der Waals surface area contributed by atoms with Crippen LogP contribution in [0.1, 0.15) is 0 Å². The van der Waals surface area contributed by atoms with Crippen molar-refractivity contribution >= 4 is 36.9 Å². The number of hydrogen-bond donors (Lipinski definition) is 0. The summed E-state index contributed by atoms with van der Waals surface area (Å²) in [6.07, 6.45) is 0. The lowest BCUT2D eigenvalue weighted by molar-refractivity contribution is 1.35. The molecule has 0 amide bonds. The summed E-state index contributed by atoms with van der Waals surface area (Å²) in [4.78, 5) is 0. The molecule has 0 radical (unpaired) electrons. The maximum Gasteiger partial charge on any atom is 0.201 e. The standard InChI is InChI=1S/C8H16Cl2Si2/c1-5-12(10,6-2)8-7-11(3,4)9/h5-6H,1-2,7-8H2,3-4H3. The van der Waals surface area contributed by atoms with Crippen LogP contribution in [0.2, 0.25) is 25.2 Å². The topological polar surface area (TPSA) is 0 Å². The summed E-state index contributed by atoms with van der Waals surface area (Å²) in [6.45, 7) is 11.7. The molecule has 0 rings (SSSR count). The fourth-order valence-corrected chi connectivity index (χ4v) is 6.96. The zero-order valence-corrected chi connectivity index (χ0v) is 11.3. The molecule has 0 aromatic heterocycles. The molecule has 0 heterocycles. The van der Waals surface area contributed by atoms with Gasteiger partial charge in [-0.2, -0.15) is 22.2 Å². The Morgan fingerprint density at radius 3 is 1.75 bits per heavy atom. The van der Waals surface area contributed by atoms with E-state index in [9.17, 15) is 0 Å². The SMILES string of the molecule is C=C[Si](Cl)(C=C)CC[Si](C)(C)Cl. The van der Waals surface area contributed by atoms with Crippen molar-refractivity contribution in [3.8, 4) is 0 Å². The lowest BCUT2D eigenvalue weighted by Gasteiger charge is -2.19. The number of hydrogen-bond acceptors (Lipinski definition) is 0. The predicted octanol–water partition coefficient (Wildman–Crippen LogP) is 4.07. The average Bonchev–Trinajstić information content (AvgIpc) is 1.99. The van der Waals surface area contributed by atoms with E-state index in [-0.39, 0.29) is 0 Å². The molecule has 0 aromatic rings. The molecule has 0 aromatic carbocycles. The molecule has 0 nitrogen and oxygen atoms in total. The van der Waals surface area contributed by atoms with Gasteiger partial charge >= 0.3 is 0 Å². The van der Waals surface area contributed by atoms with Gasteiger partial charge in [-0.3, -0.25) is 0 Å². The second kappa shape index (κ2) is 4.65. The van der Waals surface area contributed by atoms with Gasteiger partial charge in [-0.15, -0.1) is 13.2 Å². The fraction of sp³-hybridized carbons (Fsp3) is 0.500. The van der Waals surface area contributed by atoms with Crippen LogP contribution in [0.4, 0.5) is 0 Å². The Labute approximate surface area is 86.7 Å². The second-order valence-electron chi connectivity index (χ2n) is 3.55. The maximum absolute atomic E-state index is 6.28. The minimum atomic E-state index is -1.86. The number of halogens is 2. The van der Waals surface area contributed by atoms with Crippen molar-refractivity contribution in [2.24, 2.45) is 0 Å². The molecule has 0 saturated heterocycles. The first kappa shape index (κ1) is 12.5. The van der Waals surface area contributed by atoms with Gasteiger partial charge in [0.05, 0.1) is 0 Å². The van der Waals surface area contributed by atoms with E-state index in [1.54, 1.807) is 0 Å². The average molecular weight is 239 g/mol. The summed E-state index contributed by atoms with van der Waals surface area (Å²) in [5.74, 6) is 0. The molecule has 70 valence electrons. The van der Waals surface area contributed by atoms with Crippen LogP contribution in [0.25, 0.3) is 0 Å². The highest BCUT2D eigenvalue weighted by Crippen LogP contribution is 2.26. The molecule has 0 aliphatic heterocycles. The quantitative estimate of drug-likeness (QED) is 0.501. The van der Waals surface area contributed by atoms with E-state index in [4.69, 9.17) is 22.2 Å². The van der Waals surface area contributed by atoms with Crippen LogP contribution >= 0.6 is 22.2 Å². The minimum Gasteiger partial charge on any atom is -0.168 e. The van der Waals surface area contributed by atoms with E-state index in [0.717, 1.165) is 12.1 Å². The van der Waals surface area contributed by atoms with Crippen LogP contribution in [0, 0.1) is 0 Å². The number of rotatable bonds is 5. The van der Waals surface area contributed by atoms with Crippen LogP contribution in [0.3, 0.4) is 0 Å². The molecule has 0 unspecified atom stereocenters. The van der Waals surface area contributed by atoms with Gasteiger partial charge in [0.15, 0.2) is 0 Å². The first-order valence-electron chi connectivity index (χ1n) is 3.98. The monoisotopic (exact) mass is 238 g/mol. The molecule has 0 aliphatic carbocycles. The first-order chi connectivity index (χ1) is 5.33. The van der Waals surface area contributed by atoms with E-state index < -0.39 is 14.8 Å². The van der Waals surface area contributed by atoms with Gasteiger partial charge in [0.1, 0.15) is 7.38 Å². The van der Waals surface area contributed by atoms with Crippen LogP contribution in [0.15, 0.2) is 24.6 Å². The van der Waals surface area contributed by atoms with Crippen LogP contribution in [-0.4, -0.2) is 14.8 Å². The van der Waals surface area contributed by atoms with Gasteiger partial charge < -0.3 is 0 Å². The third kappa shape index (κ3) is 5.19. The molecule has 4 heteroatoms. The predicted molar refractivity (Wildman–Crippen MR) is 65.0 cm³/mol. The summed E-state index contributed by atoms with van der Waals surface area (Å²) in [6, 6.07) is 2.02. The molecule has 0 N–H and O–H groups in total. The summed E-state index contributed by atoms with van der Waals surface area (Å²) < 4.78 is 0. The summed E-state index contributed by atoms with van der Waals surface area (Å²) in [7, 11) is -3.33. The fourth-order valence-electron chi connectivity index (χ4n) is 0.776. The summed E-state index contributed by atoms with van der Waals surface area (Å²) in [5, 5.41) is 0. The Hall–Kier alpha value is 0.494. The Morgan fingerprint density at radius 2 is 1.50 bits per heavy atom. The highest BCUT2D eigenvalue weighted by molar-refractivity contribution is 7.27. The van der Waals surface area contributed by atoms with E-state index in [1.165, 1.54) is 0 Å². The van der Waals surface area contributed by atoms with E-state index in [2.05, 4.69) is 26.3 Å². The van der Waals surface area contributed by atoms with Crippen LogP contribution in [-0.2, 0) is 0 Å². The minimum absolute atomic E-state index is 0.976. The summed E-state index contributed by atoms with van der Waals surface area (Å²) in [5.41, 5.74) is 3.72. The molecular formula is C8H16Cl2Si2. The van der Waals surface area contributed by atoms with Crippen molar-refractivity contribution in [1.29, 1.82) is 0 Å². The Balaban J connectivity index is 4.06. The van der Waals surface area contributed by atoms with E-state index in [1.807, 2.05) is 11.4 Å². The van der Waals surface area contributed by atoms with Gasteiger partial charge in [-0.25, -0.2) is 0 Å². The van der Waals surface area contributed by atoms with Crippen molar-refractivity contribution in [2.45, 2.75) is 25.2 Å². The Kier molecular flexibility index (Phi) is 4.84. The lowest BCUT2D eigenvalue weighted by Crippen LogP contribution is -2.26. The van der Waals surface area contributed by atoms with Crippen molar-refractivity contribution < 1.29 is 0 Å². The van der Waals surface area contributed by atoms with Gasteiger partial charge in [0, 0.05) is 0 Å². The van der Waals surface area contributed by atoms with Gasteiger partial charge in [0.2, 0.25) is 7.38 Å². The van der Waals surface area contributed by atoms with Gasteiger partial charge in [-0.05, 0) is 12.1 Å². The molecule has 0 fully saturated rings. The van der Waals surface area contributed by atoms with Gasteiger partial charge in [0.25, 0.3) is 0 Å². The van der Waals surface area contributed by atoms with E-state index in [0.29, 0.717) is 0 Å². The largest absolute Gasteiger partial charge is 0.201 e. The van der Waals surface area contributed by atoms with Crippen molar-refractivity contribution in [3.63, 3.8) is 0 Å². The molecule has 12 heavy (non-hydrogen) atoms. The van der Waals surface area contributed by atoms with Crippen molar-refractivity contribution in [2.75, 3.05) is 0 Å².